The third kappa shape index (κ3) is 5.10. The van der Waals surface area contributed by atoms with E-state index in [4.69, 9.17) is 25.8 Å². The molecule has 1 N–H and O–H groups in total. The highest BCUT2D eigenvalue weighted by Gasteiger charge is 2.33. The monoisotopic (exact) mass is 476 g/mol. The van der Waals surface area contributed by atoms with Crippen LogP contribution in [-0.4, -0.2) is 50.3 Å². The lowest BCUT2D eigenvalue weighted by molar-refractivity contribution is 0.0428. The van der Waals surface area contributed by atoms with Crippen molar-refractivity contribution in [1.29, 1.82) is 0 Å². The molecule has 1 aromatic heterocycles. The van der Waals surface area contributed by atoms with Crippen molar-refractivity contribution in [2.75, 3.05) is 34.5 Å². The van der Waals surface area contributed by atoms with Gasteiger partial charge in [0.1, 0.15) is 5.75 Å². The van der Waals surface area contributed by atoms with Gasteiger partial charge in [-0.2, -0.15) is 0 Å². The molecule has 2 aromatic rings. The molecule has 0 unspecified atom stereocenters. The topological polar surface area (TPSA) is 80.9 Å². The van der Waals surface area contributed by atoms with Gasteiger partial charge in [0.05, 0.1) is 35.9 Å². The molecule has 0 spiro atoms. The van der Waals surface area contributed by atoms with Crippen LogP contribution in [0.1, 0.15) is 57.8 Å². The molecule has 7 nitrogen and oxygen atoms in total. The molecule has 8 heteroatoms. The molecule has 0 radical (unpaired) electrons. The SMILES string of the molecule is COCC[C@@H](C)[C@H](OC)c1cc(C)c2c(c1Cl)C(=O)N(Cc1c(OC)cc(C)[nH]c1=O)CC2. The van der Waals surface area contributed by atoms with Gasteiger partial charge in [0, 0.05) is 38.6 Å². The van der Waals surface area contributed by atoms with Crippen LogP contribution in [0.25, 0.3) is 0 Å². The standard InChI is InChI=1S/C25H33ClN2O5/c1-14(8-10-31-4)23(33-6)18-11-15(2)17-7-9-28(25(30)21(17)22(18)26)13-19-20(32-5)12-16(3)27-24(19)29/h11-12,14,23H,7-10,13H2,1-6H3,(H,27,29)/t14-,23+/m1/s1. The number of hydrogen-bond acceptors (Lipinski definition) is 5. The van der Waals surface area contributed by atoms with Crippen molar-refractivity contribution in [2.45, 2.75) is 46.3 Å². The Kier molecular flexibility index (Phi) is 8.21. The van der Waals surface area contributed by atoms with E-state index >= 15 is 0 Å². The molecule has 1 aromatic carbocycles. The first-order valence-corrected chi connectivity index (χ1v) is 11.5. The van der Waals surface area contributed by atoms with Gasteiger partial charge in [-0.05, 0) is 49.8 Å². The van der Waals surface area contributed by atoms with Crippen LogP contribution in [0.2, 0.25) is 5.02 Å². The van der Waals surface area contributed by atoms with E-state index in [9.17, 15) is 9.59 Å². The lowest BCUT2D eigenvalue weighted by Gasteiger charge is -2.32. The highest BCUT2D eigenvalue weighted by Crippen LogP contribution is 2.39. The van der Waals surface area contributed by atoms with E-state index in [2.05, 4.69) is 11.9 Å². The second kappa shape index (κ2) is 10.7. The summed E-state index contributed by atoms with van der Waals surface area (Å²) in [5.74, 6) is 0.431. The molecule has 2 heterocycles. The van der Waals surface area contributed by atoms with Crippen molar-refractivity contribution in [3.63, 3.8) is 0 Å². The summed E-state index contributed by atoms with van der Waals surface area (Å²) in [5.41, 5.74) is 4.15. The molecular weight excluding hydrogens is 444 g/mol. The number of aromatic nitrogens is 1. The molecule has 180 valence electrons. The van der Waals surface area contributed by atoms with Gasteiger partial charge in [-0.25, -0.2) is 0 Å². The number of H-pyrrole nitrogens is 1. The Morgan fingerprint density at radius 2 is 1.91 bits per heavy atom. The fraction of sp³-hybridized carbons (Fsp3) is 0.520. The third-order valence-electron chi connectivity index (χ3n) is 6.41. The van der Waals surface area contributed by atoms with Gasteiger partial charge in [0.25, 0.3) is 11.5 Å². The van der Waals surface area contributed by atoms with Crippen molar-refractivity contribution in [2.24, 2.45) is 5.92 Å². The Morgan fingerprint density at radius 1 is 1.18 bits per heavy atom. The van der Waals surface area contributed by atoms with E-state index in [1.165, 1.54) is 7.11 Å². The van der Waals surface area contributed by atoms with E-state index in [1.807, 2.05) is 13.0 Å². The predicted octanol–water partition coefficient (Wildman–Crippen LogP) is 4.21. The average molecular weight is 477 g/mol. The molecule has 1 amide bonds. The largest absolute Gasteiger partial charge is 0.496 e. The second-order valence-electron chi connectivity index (χ2n) is 8.67. The molecule has 3 rings (SSSR count). The zero-order chi connectivity index (χ0) is 24.3. The normalized spacial score (nSPS) is 15.4. The van der Waals surface area contributed by atoms with Crippen LogP contribution in [0.5, 0.6) is 5.75 Å². The summed E-state index contributed by atoms with van der Waals surface area (Å²) in [4.78, 5) is 30.6. The van der Waals surface area contributed by atoms with Crippen LogP contribution in [0, 0.1) is 19.8 Å². The Morgan fingerprint density at radius 3 is 2.55 bits per heavy atom. The van der Waals surface area contributed by atoms with Gasteiger partial charge in [0.15, 0.2) is 0 Å². The van der Waals surface area contributed by atoms with Crippen LogP contribution >= 0.6 is 11.6 Å². The van der Waals surface area contributed by atoms with Crippen LogP contribution in [0.4, 0.5) is 0 Å². The number of fused-ring (bicyclic) bond motifs is 1. The summed E-state index contributed by atoms with van der Waals surface area (Å²) in [6.07, 6.45) is 1.20. The lowest BCUT2D eigenvalue weighted by atomic mass is 9.87. The van der Waals surface area contributed by atoms with E-state index in [-0.39, 0.29) is 30.0 Å². The van der Waals surface area contributed by atoms with Gasteiger partial charge in [-0.1, -0.05) is 24.6 Å². The zero-order valence-electron chi connectivity index (χ0n) is 20.2. The minimum Gasteiger partial charge on any atom is -0.496 e. The smallest absolute Gasteiger partial charge is 0.256 e. The molecule has 1 aliphatic heterocycles. The van der Waals surface area contributed by atoms with E-state index in [1.54, 1.807) is 32.1 Å². The molecule has 33 heavy (non-hydrogen) atoms. The molecule has 0 aliphatic carbocycles. The summed E-state index contributed by atoms with van der Waals surface area (Å²) in [5, 5.41) is 0.422. The molecule has 0 fully saturated rings. The minimum atomic E-state index is -0.264. The number of hydrogen-bond donors (Lipinski definition) is 1. The van der Waals surface area contributed by atoms with Crippen molar-refractivity contribution in [3.8, 4) is 5.75 Å². The Bertz CT molecular complexity index is 1080. The first-order chi connectivity index (χ1) is 15.7. The first-order valence-electron chi connectivity index (χ1n) is 11.1. The molecular formula is C25H33ClN2O5. The van der Waals surface area contributed by atoms with Crippen molar-refractivity contribution >= 4 is 17.5 Å². The number of carbonyl (C=O) groups is 1. The summed E-state index contributed by atoms with van der Waals surface area (Å²) < 4.78 is 16.4. The Labute approximate surface area is 200 Å². The summed E-state index contributed by atoms with van der Waals surface area (Å²) in [7, 11) is 4.85. The average Bonchev–Trinajstić information content (AvgIpc) is 2.78. The summed E-state index contributed by atoms with van der Waals surface area (Å²) >= 11 is 6.87. The molecule has 1 aliphatic rings. The first kappa shape index (κ1) is 25.3. The van der Waals surface area contributed by atoms with E-state index < -0.39 is 0 Å². The fourth-order valence-corrected chi connectivity index (χ4v) is 4.95. The molecule has 2 atom stereocenters. The van der Waals surface area contributed by atoms with Crippen LogP contribution in [-0.2, 0) is 22.4 Å². The van der Waals surface area contributed by atoms with Gasteiger partial charge in [-0.15, -0.1) is 0 Å². The minimum absolute atomic E-state index is 0.147. The van der Waals surface area contributed by atoms with Crippen molar-refractivity contribution in [3.05, 3.63) is 61.0 Å². The number of rotatable bonds is 9. The number of nitrogens with one attached hydrogen (secondary N) is 1. The fourth-order valence-electron chi connectivity index (χ4n) is 4.60. The Hall–Kier alpha value is -2.35. The molecule has 0 bridgehead atoms. The van der Waals surface area contributed by atoms with E-state index in [0.29, 0.717) is 47.2 Å². The number of amides is 1. The van der Waals surface area contributed by atoms with Gasteiger partial charge in [-0.3, -0.25) is 9.59 Å². The highest BCUT2D eigenvalue weighted by molar-refractivity contribution is 6.35. The zero-order valence-corrected chi connectivity index (χ0v) is 21.0. The van der Waals surface area contributed by atoms with Crippen LogP contribution < -0.4 is 10.3 Å². The Balaban J connectivity index is 1.99. The number of nitrogens with zero attached hydrogens (tertiary/aromatic N) is 1. The van der Waals surface area contributed by atoms with E-state index in [0.717, 1.165) is 23.1 Å². The number of aryl methyl sites for hydroxylation is 2. The third-order valence-corrected chi connectivity index (χ3v) is 6.82. The number of pyridine rings is 1. The van der Waals surface area contributed by atoms with Gasteiger partial charge < -0.3 is 24.1 Å². The van der Waals surface area contributed by atoms with Crippen LogP contribution in [0.15, 0.2) is 16.9 Å². The molecule has 0 saturated heterocycles. The number of aromatic amines is 1. The maximum Gasteiger partial charge on any atom is 0.256 e. The number of ether oxygens (including phenoxy) is 3. The van der Waals surface area contributed by atoms with Gasteiger partial charge >= 0.3 is 0 Å². The number of carbonyl (C=O) groups excluding carboxylic acids is 1. The van der Waals surface area contributed by atoms with Gasteiger partial charge in [0.2, 0.25) is 0 Å². The maximum atomic E-state index is 13.6. The molecule has 0 saturated carbocycles. The summed E-state index contributed by atoms with van der Waals surface area (Å²) in [6, 6.07) is 3.80. The van der Waals surface area contributed by atoms with Crippen LogP contribution in [0.3, 0.4) is 0 Å². The number of benzene rings is 1. The quantitative estimate of drug-likeness (QED) is 0.586. The van der Waals surface area contributed by atoms with Crippen molar-refractivity contribution < 1.29 is 19.0 Å². The van der Waals surface area contributed by atoms with Crippen molar-refractivity contribution in [1.82, 2.24) is 9.88 Å². The summed E-state index contributed by atoms with van der Waals surface area (Å²) in [6.45, 7) is 7.14. The predicted molar refractivity (Wildman–Crippen MR) is 128 cm³/mol. The number of methoxy groups -OCH3 is 3. The highest BCUT2D eigenvalue weighted by atomic mass is 35.5. The lowest BCUT2D eigenvalue weighted by Crippen LogP contribution is -2.39. The number of halogens is 1. The maximum absolute atomic E-state index is 13.6. The second-order valence-corrected chi connectivity index (χ2v) is 9.05.